The van der Waals surface area contributed by atoms with Crippen molar-refractivity contribution in [2.24, 2.45) is 0 Å². The van der Waals surface area contributed by atoms with E-state index < -0.39 is 5.82 Å². The predicted molar refractivity (Wildman–Crippen MR) is 81.2 cm³/mol. The van der Waals surface area contributed by atoms with Crippen molar-refractivity contribution in [3.8, 4) is 6.07 Å². The van der Waals surface area contributed by atoms with Gasteiger partial charge in [0.2, 0.25) is 0 Å². The number of halogens is 2. The molecule has 3 nitrogen and oxygen atoms in total. The second kappa shape index (κ2) is 5.39. The van der Waals surface area contributed by atoms with Crippen molar-refractivity contribution < 1.29 is 4.39 Å². The summed E-state index contributed by atoms with van der Waals surface area (Å²) in [6.45, 7) is 0. The minimum absolute atomic E-state index is 0.182. The Balaban J connectivity index is 2.11. The fourth-order valence-corrected chi connectivity index (χ4v) is 2.19. The first-order valence-corrected chi connectivity index (χ1v) is 6.57. The van der Waals surface area contributed by atoms with Crippen molar-refractivity contribution in [1.82, 2.24) is 4.98 Å². The smallest absolute Gasteiger partial charge is 0.149 e. The highest BCUT2D eigenvalue weighted by molar-refractivity contribution is 6.30. The van der Waals surface area contributed by atoms with E-state index >= 15 is 0 Å². The number of nitrogens with zero attached hydrogens (tertiary/aromatic N) is 2. The number of pyridine rings is 1. The third-order valence-corrected chi connectivity index (χ3v) is 3.26. The highest BCUT2D eigenvalue weighted by Gasteiger charge is 2.10. The van der Waals surface area contributed by atoms with E-state index in [4.69, 9.17) is 11.6 Å². The van der Waals surface area contributed by atoms with Crippen molar-refractivity contribution in [2.75, 3.05) is 5.32 Å². The van der Waals surface area contributed by atoms with Crippen molar-refractivity contribution in [3.63, 3.8) is 0 Å². The molecule has 21 heavy (non-hydrogen) atoms. The molecule has 0 saturated heterocycles. The molecular formula is C16H9ClFN3. The molecule has 0 aliphatic heterocycles. The van der Waals surface area contributed by atoms with E-state index in [9.17, 15) is 9.65 Å². The van der Waals surface area contributed by atoms with Gasteiger partial charge in [-0.15, -0.1) is 0 Å². The highest BCUT2D eigenvalue weighted by Crippen LogP contribution is 2.26. The molecule has 1 heterocycles. The second-order valence-electron chi connectivity index (χ2n) is 4.44. The van der Waals surface area contributed by atoms with Crippen LogP contribution in [0.15, 0.2) is 48.5 Å². The number of nitriles is 1. The molecular weight excluding hydrogens is 289 g/mol. The summed E-state index contributed by atoms with van der Waals surface area (Å²) in [4.78, 5) is 4.37. The highest BCUT2D eigenvalue weighted by atomic mass is 35.5. The fraction of sp³-hybridized carbons (Fsp3) is 0. The molecule has 0 amide bonds. The molecule has 0 bridgehead atoms. The monoisotopic (exact) mass is 297 g/mol. The number of hydrogen-bond acceptors (Lipinski definition) is 3. The summed E-state index contributed by atoms with van der Waals surface area (Å²) in [6.07, 6.45) is 0. The number of rotatable bonds is 2. The van der Waals surface area contributed by atoms with E-state index in [-0.39, 0.29) is 5.69 Å². The van der Waals surface area contributed by atoms with Gasteiger partial charge in [-0.1, -0.05) is 29.8 Å². The summed E-state index contributed by atoms with van der Waals surface area (Å²) in [7, 11) is 0. The molecule has 0 spiro atoms. The SMILES string of the molecule is N#Cc1cc2ccccc2nc1Nc1cc(Cl)ccc1F. The van der Waals surface area contributed by atoms with Crippen molar-refractivity contribution in [1.29, 1.82) is 5.26 Å². The quantitative estimate of drug-likeness (QED) is 0.749. The lowest BCUT2D eigenvalue weighted by Crippen LogP contribution is -1.99. The minimum atomic E-state index is -0.460. The van der Waals surface area contributed by atoms with Gasteiger partial charge in [-0.2, -0.15) is 5.26 Å². The van der Waals surface area contributed by atoms with Gasteiger partial charge in [0, 0.05) is 10.4 Å². The third-order valence-electron chi connectivity index (χ3n) is 3.03. The average molecular weight is 298 g/mol. The van der Waals surface area contributed by atoms with E-state index in [1.807, 2.05) is 24.3 Å². The molecule has 0 aliphatic carbocycles. The molecule has 0 radical (unpaired) electrons. The lowest BCUT2D eigenvalue weighted by Gasteiger charge is -2.10. The van der Waals surface area contributed by atoms with Crippen LogP contribution in [0.2, 0.25) is 5.02 Å². The van der Waals surface area contributed by atoms with Crippen LogP contribution in [0.4, 0.5) is 15.9 Å². The van der Waals surface area contributed by atoms with Gasteiger partial charge in [0.1, 0.15) is 17.7 Å². The molecule has 0 atom stereocenters. The molecule has 5 heteroatoms. The molecule has 3 rings (SSSR count). The lowest BCUT2D eigenvalue weighted by atomic mass is 10.1. The van der Waals surface area contributed by atoms with Crippen LogP contribution in [0, 0.1) is 17.1 Å². The number of aromatic nitrogens is 1. The lowest BCUT2D eigenvalue weighted by molar-refractivity contribution is 0.632. The summed E-state index contributed by atoms with van der Waals surface area (Å²) in [5.74, 6) is -0.157. The van der Waals surface area contributed by atoms with Gasteiger partial charge in [-0.25, -0.2) is 9.37 Å². The molecule has 3 aromatic rings. The first-order valence-electron chi connectivity index (χ1n) is 6.19. The van der Waals surface area contributed by atoms with Gasteiger partial charge in [-0.05, 0) is 30.3 Å². The van der Waals surface area contributed by atoms with Crippen LogP contribution >= 0.6 is 11.6 Å². The summed E-state index contributed by atoms with van der Waals surface area (Å²) in [5.41, 5.74) is 1.25. The van der Waals surface area contributed by atoms with Gasteiger partial charge in [0.25, 0.3) is 0 Å². The van der Waals surface area contributed by atoms with E-state index in [0.29, 0.717) is 16.4 Å². The van der Waals surface area contributed by atoms with Crippen LogP contribution in [-0.4, -0.2) is 4.98 Å². The number of para-hydroxylation sites is 1. The van der Waals surface area contributed by atoms with Gasteiger partial charge >= 0.3 is 0 Å². The van der Waals surface area contributed by atoms with E-state index in [1.54, 1.807) is 6.07 Å². The molecule has 0 unspecified atom stereocenters. The van der Waals surface area contributed by atoms with E-state index in [0.717, 1.165) is 10.9 Å². The third kappa shape index (κ3) is 2.64. The first-order chi connectivity index (χ1) is 10.2. The summed E-state index contributed by atoms with van der Waals surface area (Å²) in [5, 5.41) is 13.3. The average Bonchev–Trinajstić information content (AvgIpc) is 2.50. The molecule has 1 N–H and O–H groups in total. The molecule has 0 saturated carbocycles. The zero-order chi connectivity index (χ0) is 14.8. The molecule has 1 aromatic heterocycles. The van der Waals surface area contributed by atoms with Crippen LogP contribution in [0.3, 0.4) is 0 Å². The summed E-state index contributed by atoms with van der Waals surface area (Å²) >= 11 is 5.86. The Labute approximate surface area is 125 Å². The largest absolute Gasteiger partial charge is 0.337 e. The number of anilines is 2. The fourth-order valence-electron chi connectivity index (χ4n) is 2.02. The molecule has 0 aliphatic rings. The predicted octanol–water partition coefficient (Wildman–Crippen LogP) is 4.64. The van der Waals surface area contributed by atoms with Crippen molar-refractivity contribution >= 4 is 34.0 Å². The Hall–Kier alpha value is -2.64. The Bertz CT molecular complexity index is 871. The molecule has 0 fully saturated rings. The van der Waals surface area contributed by atoms with Crippen LogP contribution < -0.4 is 5.32 Å². The van der Waals surface area contributed by atoms with Gasteiger partial charge in [0.05, 0.1) is 16.8 Å². The van der Waals surface area contributed by atoms with E-state index in [1.165, 1.54) is 18.2 Å². The standard InChI is InChI=1S/C16H9ClFN3/c17-12-5-6-13(18)15(8-12)21-16-11(9-19)7-10-3-1-2-4-14(10)20-16/h1-8H,(H,20,21). The maximum absolute atomic E-state index is 13.8. The normalized spacial score (nSPS) is 10.3. The van der Waals surface area contributed by atoms with Crippen LogP contribution in [0.25, 0.3) is 10.9 Å². The van der Waals surface area contributed by atoms with Crippen LogP contribution in [0.5, 0.6) is 0 Å². The van der Waals surface area contributed by atoms with Gasteiger partial charge < -0.3 is 5.32 Å². The van der Waals surface area contributed by atoms with Crippen LogP contribution in [0.1, 0.15) is 5.56 Å². The zero-order valence-corrected chi connectivity index (χ0v) is 11.5. The topological polar surface area (TPSA) is 48.7 Å². The minimum Gasteiger partial charge on any atom is -0.337 e. The Morgan fingerprint density at radius 1 is 1.14 bits per heavy atom. The van der Waals surface area contributed by atoms with Crippen LogP contribution in [-0.2, 0) is 0 Å². The Morgan fingerprint density at radius 3 is 2.76 bits per heavy atom. The second-order valence-corrected chi connectivity index (χ2v) is 4.87. The summed E-state index contributed by atoms with van der Waals surface area (Å²) in [6, 6.07) is 15.4. The number of hydrogen-bond donors (Lipinski definition) is 1. The van der Waals surface area contributed by atoms with Gasteiger partial charge in [0.15, 0.2) is 0 Å². The van der Waals surface area contributed by atoms with E-state index in [2.05, 4.69) is 16.4 Å². The maximum Gasteiger partial charge on any atom is 0.149 e. The van der Waals surface area contributed by atoms with Gasteiger partial charge in [-0.3, -0.25) is 0 Å². The number of fused-ring (bicyclic) bond motifs is 1. The Morgan fingerprint density at radius 2 is 1.95 bits per heavy atom. The van der Waals surface area contributed by atoms with Crippen molar-refractivity contribution in [3.05, 3.63) is 64.9 Å². The maximum atomic E-state index is 13.8. The number of benzene rings is 2. The number of nitrogens with one attached hydrogen (secondary N) is 1. The molecule has 102 valence electrons. The zero-order valence-electron chi connectivity index (χ0n) is 10.8. The molecule has 2 aromatic carbocycles. The summed E-state index contributed by atoms with van der Waals surface area (Å²) < 4.78 is 13.8. The first kappa shape index (κ1) is 13.3. The Kier molecular flexibility index (Phi) is 3.43. The van der Waals surface area contributed by atoms with Crippen molar-refractivity contribution in [2.45, 2.75) is 0 Å².